The van der Waals surface area contributed by atoms with Gasteiger partial charge in [-0.05, 0) is 43.2 Å². The molecule has 24 heavy (non-hydrogen) atoms. The van der Waals surface area contributed by atoms with Crippen molar-refractivity contribution in [3.05, 3.63) is 64.0 Å². The first-order chi connectivity index (χ1) is 11.5. The Balaban J connectivity index is 2.34. The second-order valence-corrected chi connectivity index (χ2v) is 5.26. The van der Waals surface area contributed by atoms with Crippen LogP contribution in [0.1, 0.15) is 42.2 Å². The van der Waals surface area contributed by atoms with Crippen molar-refractivity contribution >= 4 is 11.6 Å². The van der Waals surface area contributed by atoms with E-state index in [1.165, 1.54) is 6.07 Å². The summed E-state index contributed by atoms with van der Waals surface area (Å²) in [5, 5.41) is 20.5. The van der Waals surface area contributed by atoms with E-state index in [-0.39, 0.29) is 17.5 Å². The van der Waals surface area contributed by atoms with E-state index in [2.05, 4.69) is 4.98 Å². The maximum atomic E-state index is 12.8. The Morgan fingerprint density at radius 1 is 1.29 bits per heavy atom. The number of nitro groups is 1. The Morgan fingerprint density at radius 3 is 2.46 bits per heavy atom. The van der Waals surface area contributed by atoms with E-state index in [9.17, 15) is 20.0 Å². The van der Waals surface area contributed by atoms with E-state index in [0.717, 1.165) is 17.7 Å². The number of hydrogen-bond donors (Lipinski definition) is 1. The van der Waals surface area contributed by atoms with Crippen LogP contribution < -0.4 is 0 Å². The smallest absolute Gasteiger partial charge is 0.310 e. The van der Waals surface area contributed by atoms with Gasteiger partial charge in [0.05, 0.1) is 11.0 Å². The van der Waals surface area contributed by atoms with E-state index >= 15 is 0 Å². The zero-order valence-electron chi connectivity index (χ0n) is 13.5. The van der Waals surface area contributed by atoms with Crippen LogP contribution in [0.3, 0.4) is 0 Å². The number of aromatic hydroxyl groups is 1. The van der Waals surface area contributed by atoms with Crippen LogP contribution in [0.15, 0.2) is 42.7 Å². The molecular formula is C17H19N3O4. The Bertz CT molecular complexity index is 734. The van der Waals surface area contributed by atoms with Gasteiger partial charge >= 0.3 is 5.69 Å². The zero-order chi connectivity index (χ0) is 17.7. The van der Waals surface area contributed by atoms with Crippen LogP contribution in [0.25, 0.3) is 0 Å². The highest BCUT2D eigenvalue weighted by Gasteiger charge is 2.25. The van der Waals surface area contributed by atoms with E-state index in [1.807, 2.05) is 26.0 Å². The minimum Gasteiger partial charge on any atom is -0.502 e. The van der Waals surface area contributed by atoms with Crippen molar-refractivity contribution < 1.29 is 14.8 Å². The van der Waals surface area contributed by atoms with Crippen molar-refractivity contribution in [2.75, 3.05) is 6.54 Å². The largest absolute Gasteiger partial charge is 0.502 e. The molecule has 0 aliphatic rings. The second-order valence-electron chi connectivity index (χ2n) is 5.26. The molecule has 1 heterocycles. The monoisotopic (exact) mass is 329 g/mol. The lowest BCUT2D eigenvalue weighted by molar-refractivity contribution is -0.385. The molecule has 0 aliphatic carbocycles. The van der Waals surface area contributed by atoms with Crippen molar-refractivity contribution in [2.45, 2.75) is 26.3 Å². The molecular weight excluding hydrogens is 310 g/mol. The van der Waals surface area contributed by atoms with Gasteiger partial charge in [0.1, 0.15) is 0 Å². The van der Waals surface area contributed by atoms with Crippen molar-refractivity contribution in [2.24, 2.45) is 0 Å². The number of hydrogen-bond acceptors (Lipinski definition) is 5. The first-order valence-electron chi connectivity index (χ1n) is 7.67. The van der Waals surface area contributed by atoms with Crippen LogP contribution in [0, 0.1) is 10.1 Å². The van der Waals surface area contributed by atoms with Crippen LogP contribution in [0.5, 0.6) is 5.75 Å². The molecule has 0 aliphatic heterocycles. The zero-order valence-corrected chi connectivity index (χ0v) is 13.5. The Labute approximate surface area is 139 Å². The predicted molar refractivity (Wildman–Crippen MR) is 88.7 cm³/mol. The molecule has 0 bridgehead atoms. The predicted octanol–water partition coefficient (Wildman–Crippen LogP) is 3.31. The number of aromatic nitrogens is 1. The minimum atomic E-state index is -0.688. The molecule has 1 aromatic carbocycles. The van der Waals surface area contributed by atoms with E-state index < -0.39 is 16.4 Å². The fourth-order valence-corrected chi connectivity index (χ4v) is 2.70. The van der Waals surface area contributed by atoms with Crippen molar-refractivity contribution in [1.29, 1.82) is 0 Å². The second kappa shape index (κ2) is 7.54. The van der Waals surface area contributed by atoms with Crippen molar-refractivity contribution in [3.63, 3.8) is 0 Å². The highest BCUT2D eigenvalue weighted by molar-refractivity contribution is 5.95. The highest BCUT2D eigenvalue weighted by atomic mass is 16.6. The Kier molecular flexibility index (Phi) is 5.47. The van der Waals surface area contributed by atoms with Crippen LogP contribution in [-0.4, -0.2) is 32.4 Å². The molecule has 1 N–H and O–H groups in total. The molecule has 0 unspecified atom stereocenters. The molecule has 1 aromatic heterocycles. The van der Waals surface area contributed by atoms with Gasteiger partial charge in [-0.1, -0.05) is 6.92 Å². The van der Waals surface area contributed by atoms with Gasteiger partial charge in [0.2, 0.25) is 0 Å². The third-order valence-electron chi connectivity index (χ3n) is 3.87. The first-order valence-corrected chi connectivity index (χ1v) is 7.67. The molecule has 0 radical (unpaired) electrons. The molecule has 0 spiro atoms. The number of pyridine rings is 1. The summed E-state index contributed by atoms with van der Waals surface area (Å²) in [7, 11) is 0. The van der Waals surface area contributed by atoms with Gasteiger partial charge in [-0.15, -0.1) is 0 Å². The summed E-state index contributed by atoms with van der Waals surface area (Å²) in [4.78, 5) is 28.6. The molecule has 0 saturated carbocycles. The summed E-state index contributed by atoms with van der Waals surface area (Å²) in [6, 6.07) is 7.23. The van der Waals surface area contributed by atoms with Gasteiger partial charge in [0.15, 0.2) is 5.75 Å². The van der Waals surface area contributed by atoms with Crippen molar-refractivity contribution in [3.8, 4) is 5.75 Å². The summed E-state index contributed by atoms with van der Waals surface area (Å²) in [5.74, 6) is -0.801. The van der Waals surface area contributed by atoms with Gasteiger partial charge in [-0.25, -0.2) is 0 Å². The fourth-order valence-electron chi connectivity index (χ4n) is 2.70. The topological polar surface area (TPSA) is 96.6 Å². The molecule has 7 nitrogen and oxygen atoms in total. The van der Waals surface area contributed by atoms with E-state index in [4.69, 9.17) is 0 Å². The first kappa shape index (κ1) is 17.4. The minimum absolute atomic E-state index is 0.136. The molecule has 7 heteroatoms. The van der Waals surface area contributed by atoms with Gasteiger partial charge in [-0.2, -0.15) is 0 Å². The Hall–Kier alpha value is -2.96. The number of rotatable bonds is 6. The number of amides is 1. The lowest BCUT2D eigenvalue weighted by atomic mass is 10.0. The molecule has 1 amide bonds. The Morgan fingerprint density at radius 2 is 1.96 bits per heavy atom. The maximum Gasteiger partial charge on any atom is 0.310 e. The number of phenolic OH excluding ortho intramolecular Hbond substituents is 1. The summed E-state index contributed by atoms with van der Waals surface area (Å²) in [6.45, 7) is 4.32. The molecule has 2 aromatic rings. The average molecular weight is 329 g/mol. The SMILES string of the molecule is CC[C@H](c1ccncc1)N(CC)C(=O)c1ccc([N+](=O)[O-])c(O)c1. The molecule has 126 valence electrons. The standard InChI is InChI=1S/C17H19N3O4/c1-3-14(12-7-9-18-10-8-12)19(4-2)17(22)13-5-6-15(20(23)24)16(21)11-13/h5-11,14,21H,3-4H2,1-2H3/t14-/m1/s1. The summed E-state index contributed by atoms with van der Waals surface area (Å²) < 4.78 is 0. The summed E-state index contributed by atoms with van der Waals surface area (Å²) in [6.07, 6.45) is 4.06. The quantitative estimate of drug-likeness (QED) is 0.648. The van der Waals surface area contributed by atoms with Crippen LogP contribution in [-0.2, 0) is 0 Å². The van der Waals surface area contributed by atoms with E-state index in [1.54, 1.807) is 17.3 Å². The maximum absolute atomic E-state index is 12.8. The molecule has 0 fully saturated rings. The van der Waals surface area contributed by atoms with Crippen LogP contribution in [0.2, 0.25) is 0 Å². The van der Waals surface area contributed by atoms with Crippen LogP contribution >= 0.6 is 0 Å². The lowest BCUT2D eigenvalue weighted by Gasteiger charge is -2.30. The third-order valence-corrected chi connectivity index (χ3v) is 3.87. The number of carbonyl (C=O) groups excluding carboxylic acids is 1. The van der Waals surface area contributed by atoms with Gasteiger partial charge in [0.25, 0.3) is 5.91 Å². The number of benzene rings is 1. The third kappa shape index (κ3) is 3.51. The molecule has 0 saturated heterocycles. The lowest BCUT2D eigenvalue weighted by Crippen LogP contribution is -2.34. The van der Waals surface area contributed by atoms with Gasteiger partial charge in [-0.3, -0.25) is 19.9 Å². The molecule has 2 rings (SSSR count). The van der Waals surface area contributed by atoms with Gasteiger partial charge in [0, 0.05) is 30.6 Å². The fraction of sp³-hybridized carbons (Fsp3) is 0.294. The van der Waals surface area contributed by atoms with E-state index in [0.29, 0.717) is 13.0 Å². The number of nitrogens with zero attached hydrogens (tertiary/aromatic N) is 3. The normalized spacial score (nSPS) is 11.8. The average Bonchev–Trinajstić information content (AvgIpc) is 2.59. The summed E-state index contributed by atoms with van der Waals surface area (Å²) >= 11 is 0. The number of phenols is 1. The summed E-state index contributed by atoms with van der Waals surface area (Å²) in [5.41, 5.74) is 0.761. The molecule has 1 atom stereocenters. The van der Waals surface area contributed by atoms with Crippen molar-refractivity contribution in [1.82, 2.24) is 9.88 Å². The van der Waals surface area contributed by atoms with Gasteiger partial charge < -0.3 is 10.0 Å². The van der Waals surface area contributed by atoms with Crippen LogP contribution in [0.4, 0.5) is 5.69 Å². The number of carbonyl (C=O) groups is 1. The number of nitro benzene ring substituents is 1. The highest BCUT2D eigenvalue weighted by Crippen LogP contribution is 2.29.